The van der Waals surface area contributed by atoms with Gasteiger partial charge in [-0.1, -0.05) is 24.3 Å². The Balaban J connectivity index is 1.86. The van der Waals surface area contributed by atoms with Crippen LogP contribution in [0.3, 0.4) is 0 Å². The number of morpholine rings is 1. The van der Waals surface area contributed by atoms with Crippen molar-refractivity contribution in [3.05, 3.63) is 59.2 Å². The van der Waals surface area contributed by atoms with Crippen LogP contribution in [-0.4, -0.2) is 44.9 Å². The number of rotatable bonds is 6. The van der Waals surface area contributed by atoms with Crippen LogP contribution in [0.2, 0.25) is 0 Å². The van der Waals surface area contributed by atoms with Gasteiger partial charge >= 0.3 is 0 Å². The van der Waals surface area contributed by atoms with Crippen molar-refractivity contribution in [2.24, 2.45) is 0 Å². The monoisotopic (exact) mass is 397 g/mol. The molecule has 4 nitrogen and oxygen atoms in total. The van der Waals surface area contributed by atoms with Crippen molar-refractivity contribution in [3.63, 3.8) is 0 Å². The lowest BCUT2D eigenvalue weighted by molar-refractivity contribution is 0.0435. The number of ether oxygens (including phenoxy) is 3. The number of nitrogens with zero attached hydrogens (tertiary/aromatic N) is 1. The zero-order valence-electron chi connectivity index (χ0n) is 15.2. The molecule has 0 saturated carbocycles. The second-order valence-corrected chi connectivity index (χ2v) is 6.07. The van der Waals surface area contributed by atoms with Crippen LogP contribution in [-0.2, 0) is 4.74 Å². The maximum atomic E-state index is 14.4. The molecule has 1 aliphatic rings. The smallest absolute Gasteiger partial charge is 0.205 e. The lowest BCUT2D eigenvalue weighted by Crippen LogP contribution is -2.36. The van der Waals surface area contributed by atoms with Gasteiger partial charge in [-0.15, -0.1) is 0 Å². The van der Waals surface area contributed by atoms with Gasteiger partial charge < -0.3 is 14.2 Å². The summed E-state index contributed by atoms with van der Waals surface area (Å²) in [5.74, 6) is -7.35. The standard InChI is InChI=1S/C20H19F4NO3/c1-26-14-6-2-3-7-15(14)28-20-18(23)16(21)13(17(22)19(20)24)5-4-8-25-9-11-27-12-10-25/h2-7H,8-12H2,1H3. The number of para-hydroxylation sites is 2. The predicted octanol–water partition coefficient (Wildman–Crippen LogP) is 4.39. The van der Waals surface area contributed by atoms with Crippen LogP contribution in [0.4, 0.5) is 17.6 Å². The molecule has 0 N–H and O–H groups in total. The molecule has 0 bridgehead atoms. The third-order valence-corrected chi connectivity index (χ3v) is 4.29. The van der Waals surface area contributed by atoms with Crippen LogP contribution in [0.25, 0.3) is 6.08 Å². The molecule has 0 aromatic heterocycles. The second-order valence-electron chi connectivity index (χ2n) is 6.07. The van der Waals surface area contributed by atoms with Crippen LogP contribution in [0.5, 0.6) is 17.2 Å². The van der Waals surface area contributed by atoms with Gasteiger partial charge in [0.25, 0.3) is 0 Å². The van der Waals surface area contributed by atoms with E-state index in [0.29, 0.717) is 32.8 Å². The average Bonchev–Trinajstić information content (AvgIpc) is 2.73. The first-order valence-corrected chi connectivity index (χ1v) is 8.66. The molecule has 0 radical (unpaired) electrons. The normalized spacial score (nSPS) is 15.2. The highest BCUT2D eigenvalue weighted by molar-refractivity contribution is 5.55. The number of hydrogen-bond acceptors (Lipinski definition) is 4. The van der Waals surface area contributed by atoms with E-state index in [0.717, 1.165) is 6.08 Å². The second kappa shape index (κ2) is 9.07. The topological polar surface area (TPSA) is 30.9 Å². The lowest BCUT2D eigenvalue weighted by atomic mass is 10.1. The minimum atomic E-state index is -1.61. The summed E-state index contributed by atoms with van der Waals surface area (Å²) in [7, 11) is 1.33. The zero-order chi connectivity index (χ0) is 20.1. The zero-order valence-corrected chi connectivity index (χ0v) is 15.2. The fourth-order valence-corrected chi connectivity index (χ4v) is 2.78. The molecule has 2 aromatic rings. The fraction of sp³-hybridized carbons (Fsp3) is 0.300. The molecular weight excluding hydrogens is 378 g/mol. The first-order chi connectivity index (χ1) is 13.5. The Morgan fingerprint density at radius 3 is 2.18 bits per heavy atom. The molecular formula is C20H19F4NO3. The Morgan fingerprint density at radius 2 is 1.57 bits per heavy atom. The Hall–Kier alpha value is -2.58. The van der Waals surface area contributed by atoms with E-state index in [1.165, 1.54) is 31.4 Å². The van der Waals surface area contributed by atoms with Crippen molar-refractivity contribution < 1.29 is 31.8 Å². The molecule has 0 spiro atoms. The van der Waals surface area contributed by atoms with E-state index < -0.39 is 34.6 Å². The highest BCUT2D eigenvalue weighted by atomic mass is 19.2. The van der Waals surface area contributed by atoms with Crippen molar-refractivity contribution in [1.82, 2.24) is 4.90 Å². The van der Waals surface area contributed by atoms with E-state index in [2.05, 4.69) is 0 Å². The van der Waals surface area contributed by atoms with Crippen molar-refractivity contribution in [3.8, 4) is 17.2 Å². The minimum absolute atomic E-state index is 0.0720. The lowest BCUT2D eigenvalue weighted by Gasteiger charge is -2.25. The average molecular weight is 397 g/mol. The van der Waals surface area contributed by atoms with E-state index in [-0.39, 0.29) is 11.5 Å². The molecule has 0 amide bonds. The predicted molar refractivity (Wildman–Crippen MR) is 95.6 cm³/mol. The molecule has 1 saturated heterocycles. The van der Waals surface area contributed by atoms with E-state index in [1.54, 1.807) is 6.07 Å². The molecule has 0 aliphatic carbocycles. The Labute approximate surface area is 159 Å². The SMILES string of the molecule is COc1ccccc1Oc1c(F)c(F)c(C=CCN2CCOCC2)c(F)c1F. The molecule has 0 unspecified atom stereocenters. The van der Waals surface area contributed by atoms with Gasteiger partial charge in [0.05, 0.1) is 25.9 Å². The summed E-state index contributed by atoms with van der Waals surface area (Å²) in [6.45, 7) is 2.85. The Kier molecular flexibility index (Phi) is 6.53. The first kappa shape index (κ1) is 20.2. The summed E-state index contributed by atoms with van der Waals surface area (Å²) < 4.78 is 72.8. The van der Waals surface area contributed by atoms with E-state index in [4.69, 9.17) is 14.2 Å². The van der Waals surface area contributed by atoms with Crippen LogP contribution in [0.15, 0.2) is 30.3 Å². The Bertz CT molecular complexity index is 838. The van der Waals surface area contributed by atoms with Gasteiger partial charge in [0, 0.05) is 19.6 Å². The third kappa shape index (κ3) is 4.28. The third-order valence-electron chi connectivity index (χ3n) is 4.29. The van der Waals surface area contributed by atoms with Gasteiger partial charge in [-0.05, 0) is 12.1 Å². The van der Waals surface area contributed by atoms with Crippen LogP contribution in [0.1, 0.15) is 5.56 Å². The molecule has 1 fully saturated rings. The fourth-order valence-electron chi connectivity index (χ4n) is 2.78. The van der Waals surface area contributed by atoms with Gasteiger partial charge in [-0.25, -0.2) is 8.78 Å². The number of benzene rings is 2. The van der Waals surface area contributed by atoms with Gasteiger partial charge in [0.2, 0.25) is 17.4 Å². The molecule has 1 heterocycles. The van der Waals surface area contributed by atoms with Crippen LogP contribution >= 0.6 is 0 Å². The van der Waals surface area contributed by atoms with Gasteiger partial charge in [-0.3, -0.25) is 4.90 Å². The molecule has 150 valence electrons. The maximum absolute atomic E-state index is 14.4. The molecule has 28 heavy (non-hydrogen) atoms. The van der Waals surface area contributed by atoms with Gasteiger partial charge in [0.1, 0.15) is 0 Å². The Morgan fingerprint density at radius 1 is 0.964 bits per heavy atom. The summed E-state index contributed by atoms with van der Waals surface area (Å²) in [5, 5.41) is 0. The quantitative estimate of drug-likeness (QED) is 0.535. The van der Waals surface area contributed by atoms with Crippen molar-refractivity contribution in [2.75, 3.05) is 40.0 Å². The first-order valence-electron chi connectivity index (χ1n) is 8.66. The van der Waals surface area contributed by atoms with Crippen molar-refractivity contribution in [1.29, 1.82) is 0 Å². The maximum Gasteiger partial charge on any atom is 0.205 e. The van der Waals surface area contributed by atoms with E-state index in [1.807, 2.05) is 4.90 Å². The molecule has 0 atom stereocenters. The molecule has 3 rings (SSSR count). The minimum Gasteiger partial charge on any atom is -0.493 e. The number of methoxy groups -OCH3 is 1. The summed E-state index contributed by atoms with van der Waals surface area (Å²) in [4.78, 5) is 1.99. The van der Waals surface area contributed by atoms with E-state index >= 15 is 0 Å². The summed E-state index contributed by atoms with van der Waals surface area (Å²) in [6.07, 6.45) is 2.48. The highest BCUT2D eigenvalue weighted by Crippen LogP contribution is 2.37. The van der Waals surface area contributed by atoms with Gasteiger partial charge in [0.15, 0.2) is 23.1 Å². The number of hydrogen-bond donors (Lipinski definition) is 0. The summed E-state index contributed by atoms with van der Waals surface area (Å²) >= 11 is 0. The number of halogens is 4. The van der Waals surface area contributed by atoms with E-state index in [9.17, 15) is 17.6 Å². The van der Waals surface area contributed by atoms with Crippen molar-refractivity contribution in [2.45, 2.75) is 0 Å². The molecule has 8 heteroatoms. The van der Waals surface area contributed by atoms with Crippen LogP contribution in [0, 0.1) is 23.3 Å². The highest BCUT2D eigenvalue weighted by Gasteiger charge is 2.26. The van der Waals surface area contributed by atoms with Gasteiger partial charge in [-0.2, -0.15) is 8.78 Å². The van der Waals surface area contributed by atoms with Crippen molar-refractivity contribution >= 4 is 6.08 Å². The molecule has 1 aliphatic heterocycles. The summed E-state index contributed by atoms with van der Waals surface area (Å²) in [6, 6.07) is 6.00. The molecule has 2 aromatic carbocycles. The van der Waals surface area contributed by atoms with Crippen LogP contribution < -0.4 is 9.47 Å². The largest absolute Gasteiger partial charge is 0.493 e. The summed E-state index contributed by atoms with van der Waals surface area (Å²) in [5.41, 5.74) is -0.796.